The van der Waals surface area contributed by atoms with E-state index in [1.54, 1.807) is 10.9 Å². The van der Waals surface area contributed by atoms with Crippen LogP contribution in [0.2, 0.25) is 0 Å². The summed E-state index contributed by atoms with van der Waals surface area (Å²) in [5, 5.41) is 18.9. The van der Waals surface area contributed by atoms with Gasteiger partial charge in [-0.3, -0.25) is 9.67 Å². The Balaban J connectivity index is 1.46. The standard InChI is InChI=1S/C24H22N6O/c1-16-8-20-14-28-30(7-6-17-13-27-29(2)15-17)21(20)10-23(16)31-22-5-3-4-19-9-18(11-25)12-26-24(19)22/h6-10,12-15,22H,3-5H2,1-2H3/b7-6+/t22-/m1/s1. The molecule has 5 rings (SSSR count). The highest BCUT2D eigenvalue weighted by Crippen LogP contribution is 2.35. The van der Waals surface area contributed by atoms with Crippen LogP contribution in [0.1, 0.15) is 46.9 Å². The van der Waals surface area contributed by atoms with Gasteiger partial charge in [-0.15, -0.1) is 0 Å². The van der Waals surface area contributed by atoms with Crippen LogP contribution in [0.3, 0.4) is 0 Å². The first kappa shape index (κ1) is 19.1. The van der Waals surface area contributed by atoms with Gasteiger partial charge in [0.1, 0.15) is 17.9 Å². The molecule has 0 radical (unpaired) electrons. The van der Waals surface area contributed by atoms with E-state index >= 15 is 0 Å². The van der Waals surface area contributed by atoms with Crippen LogP contribution in [0.4, 0.5) is 0 Å². The molecule has 154 valence electrons. The number of benzene rings is 1. The van der Waals surface area contributed by atoms with Gasteiger partial charge in [0, 0.05) is 42.7 Å². The lowest BCUT2D eigenvalue weighted by Crippen LogP contribution is -2.17. The topological polar surface area (TPSA) is 81.5 Å². The predicted molar refractivity (Wildman–Crippen MR) is 118 cm³/mol. The molecular formula is C24H22N6O. The van der Waals surface area contributed by atoms with E-state index < -0.39 is 0 Å². The third-order valence-corrected chi connectivity index (χ3v) is 5.64. The number of rotatable bonds is 4. The molecule has 7 nitrogen and oxygen atoms in total. The summed E-state index contributed by atoms with van der Waals surface area (Å²) in [7, 11) is 1.90. The van der Waals surface area contributed by atoms with Crippen molar-refractivity contribution in [3.63, 3.8) is 0 Å². The van der Waals surface area contributed by atoms with E-state index in [1.165, 1.54) is 0 Å². The van der Waals surface area contributed by atoms with Crippen LogP contribution in [0.5, 0.6) is 5.75 Å². The molecule has 0 unspecified atom stereocenters. The zero-order valence-electron chi connectivity index (χ0n) is 17.5. The summed E-state index contributed by atoms with van der Waals surface area (Å²) >= 11 is 0. The number of nitriles is 1. The monoisotopic (exact) mass is 410 g/mol. The Labute approximate surface area is 180 Å². The minimum atomic E-state index is -0.116. The molecular weight excluding hydrogens is 388 g/mol. The molecule has 0 aliphatic heterocycles. The van der Waals surface area contributed by atoms with E-state index in [0.29, 0.717) is 5.56 Å². The third-order valence-electron chi connectivity index (χ3n) is 5.64. The van der Waals surface area contributed by atoms with Crippen molar-refractivity contribution in [2.45, 2.75) is 32.3 Å². The molecule has 1 aromatic carbocycles. The smallest absolute Gasteiger partial charge is 0.141 e. The first-order valence-corrected chi connectivity index (χ1v) is 10.3. The lowest BCUT2D eigenvalue weighted by Gasteiger charge is -2.26. The van der Waals surface area contributed by atoms with Crippen molar-refractivity contribution in [2.24, 2.45) is 7.05 Å². The van der Waals surface area contributed by atoms with Gasteiger partial charge in [0.2, 0.25) is 0 Å². The maximum absolute atomic E-state index is 9.16. The van der Waals surface area contributed by atoms with Gasteiger partial charge < -0.3 is 4.74 Å². The predicted octanol–water partition coefficient (Wildman–Crippen LogP) is 4.43. The summed E-state index contributed by atoms with van der Waals surface area (Å²) < 4.78 is 10.1. The summed E-state index contributed by atoms with van der Waals surface area (Å²) in [6, 6.07) is 8.26. The SMILES string of the molecule is Cc1cc2cnn(/C=C/c3cnn(C)c3)c2cc1O[C@@H]1CCCc2cc(C#N)cnc21. The molecule has 0 fully saturated rings. The highest BCUT2D eigenvalue weighted by molar-refractivity contribution is 5.84. The van der Waals surface area contributed by atoms with E-state index in [9.17, 15) is 0 Å². The van der Waals surface area contributed by atoms with E-state index in [-0.39, 0.29) is 6.10 Å². The number of aryl methyl sites for hydroxylation is 3. The molecule has 1 atom stereocenters. The Kier molecular flexibility index (Phi) is 4.75. The maximum atomic E-state index is 9.16. The van der Waals surface area contributed by atoms with Crippen LogP contribution in [0.25, 0.3) is 23.2 Å². The fourth-order valence-corrected chi connectivity index (χ4v) is 4.07. The quantitative estimate of drug-likeness (QED) is 0.497. The summed E-state index contributed by atoms with van der Waals surface area (Å²) in [5.41, 5.74) is 5.69. The van der Waals surface area contributed by atoms with Crippen molar-refractivity contribution >= 4 is 23.2 Å². The molecule has 1 aliphatic carbocycles. The van der Waals surface area contributed by atoms with Crippen LogP contribution < -0.4 is 4.74 Å². The van der Waals surface area contributed by atoms with Crippen molar-refractivity contribution in [1.82, 2.24) is 24.5 Å². The Morgan fingerprint density at radius 2 is 2.10 bits per heavy atom. The van der Waals surface area contributed by atoms with Crippen LogP contribution in [-0.4, -0.2) is 24.5 Å². The summed E-state index contributed by atoms with van der Waals surface area (Å²) in [5.74, 6) is 0.827. The zero-order chi connectivity index (χ0) is 21.4. The fourth-order valence-electron chi connectivity index (χ4n) is 4.07. The molecule has 1 aliphatic rings. The van der Waals surface area contributed by atoms with E-state index in [4.69, 9.17) is 10.00 Å². The van der Waals surface area contributed by atoms with Crippen molar-refractivity contribution in [2.75, 3.05) is 0 Å². The van der Waals surface area contributed by atoms with Gasteiger partial charge in [0.15, 0.2) is 0 Å². The lowest BCUT2D eigenvalue weighted by molar-refractivity contribution is 0.177. The molecule has 3 heterocycles. The molecule has 0 saturated heterocycles. The Morgan fingerprint density at radius 3 is 2.90 bits per heavy atom. The first-order valence-electron chi connectivity index (χ1n) is 10.3. The van der Waals surface area contributed by atoms with Gasteiger partial charge >= 0.3 is 0 Å². The van der Waals surface area contributed by atoms with Gasteiger partial charge in [-0.2, -0.15) is 15.5 Å². The normalized spacial score (nSPS) is 15.8. The molecule has 7 heteroatoms. The number of nitrogens with zero attached hydrogens (tertiary/aromatic N) is 6. The number of hydrogen-bond acceptors (Lipinski definition) is 5. The summed E-state index contributed by atoms with van der Waals surface area (Å²) in [4.78, 5) is 4.55. The molecule has 0 saturated carbocycles. The number of hydrogen-bond donors (Lipinski definition) is 0. The molecule has 0 N–H and O–H groups in total. The molecule has 0 spiro atoms. The minimum absolute atomic E-state index is 0.116. The Hall–Kier alpha value is -3.92. The average Bonchev–Trinajstić information content (AvgIpc) is 3.37. The highest BCUT2D eigenvalue weighted by atomic mass is 16.5. The van der Waals surface area contributed by atoms with E-state index in [1.807, 2.05) is 61.7 Å². The number of aromatic nitrogens is 5. The second-order valence-corrected chi connectivity index (χ2v) is 7.91. The van der Waals surface area contributed by atoms with Gasteiger partial charge in [-0.25, -0.2) is 4.68 Å². The lowest BCUT2D eigenvalue weighted by atomic mass is 9.92. The minimum Gasteiger partial charge on any atom is -0.484 e. The van der Waals surface area contributed by atoms with Crippen molar-refractivity contribution < 1.29 is 4.74 Å². The highest BCUT2D eigenvalue weighted by Gasteiger charge is 2.24. The van der Waals surface area contributed by atoms with E-state index in [2.05, 4.69) is 27.3 Å². The molecule has 31 heavy (non-hydrogen) atoms. The van der Waals surface area contributed by atoms with Crippen LogP contribution in [0.15, 0.2) is 43.0 Å². The van der Waals surface area contributed by atoms with E-state index in [0.717, 1.165) is 58.3 Å². The Bertz CT molecular complexity index is 1340. The molecule has 0 amide bonds. The fraction of sp³-hybridized carbons (Fsp3) is 0.250. The first-order chi connectivity index (χ1) is 15.1. The Morgan fingerprint density at radius 1 is 1.19 bits per heavy atom. The van der Waals surface area contributed by atoms with Gasteiger partial charge in [0.05, 0.1) is 29.2 Å². The number of pyridine rings is 1. The second kappa shape index (κ2) is 7.73. The largest absolute Gasteiger partial charge is 0.484 e. The van der Waals surface area contributed by atoms with Crippen molar-refractivity contribution in [3.8, 4) is 11.8 Å². The van der Waals surface area contributed by atoms with Crippen LogP contribution in [-0.2, 0) is 13.5 Å². The van der Waals surface area contributed by atoms with Gasteiger partial charge in [-0.1, -0.05) is 0 Å². The van der Waals surface area contributed by atoms with Gasteiger partial charge in [-0.05, 0) is 55.5 Å². The van der Waals surface area contributed by atoms with Crippen LogP contribution >= 0.6 is 0 Å². The average molecular weight is 410 g/mol. The third kappa shape index (κ3) is 3.68. The van der Waals surface area contributed by atoms with Gasteiger partial charge in [0.25, 0.3) is 0 Å². The number of fused-ring (bicyclic) bond motifs is 2. The van der Waals surface area contributed by atoms with Crippen molar-refractivity contribution in [1.29, 1.82) is 5.26 Å². The molecule has 3 aromatic heterocycles. The molecule has 4 aromatic rings. The zero-order valence-corrected chi connectivity index (χ0v) is 17.5. The molecule has 0 bridgehead atoms. The number of ether oxygens (including phenoxy) is 1. The van der Waals surface area contributed by atoms with Crippen LogP contribution in [0, 0.1) is 18.3 Å². The second-order valence-electron chi connectivity index (χ2n) is 7.91. The maximum Gasteiger partial charge on any atom is 0.141 e. The van der Waals surface area contributed by atoms with Crippen molar-refractivity contribution in [3.05, 3.63) is 70.9 Å². The summed E-state index contributed by atoms with van der Waals surface area (Å²) in [6.07, 6.45) is 13.9. The summed E-state index contributed by atoms with van der Waals surface area (Å²) in [6.45, 7) is 2.05.